The molecule has 5 heteroatoms. The molecule has 0 saturated heterocycles. The molecule has 1 N–H and O–H groups in total. The third-order valence-electron chi connectivity index (χ3n) is 2.70. The van der Waals surface area contributed by atoms with Crippen molar-refractivity contribution >= 4 is 30.1 Å². The van der Waals surface area contributed by atoms with Crippen LogP contribution in [0.1, 0.15) is 11.1 Å². The van der Waals surface area contributed by atoms with Gasteiger partial charge in [0.2, 0.25) is 5.91 Å². The lowest BCUT2D eigenvalue weighted by atomic mass is 10.2. The molecular weight excluding hydrogens is 280 g/mol. The molecule has 0 aliphatic carbocycles. The Morgan fingerprint density at radius 2 is 2.16 bits per heavy atom. The van der Waals surface area contributed by atoms with Gasteiger partial charge in [-0.3, -0.25) is 4.79 Å². The van der Waals surface area contributed by atoms with Crippen molar-refractivity contribution in [3.8, 4) is 0 Å². The van der Waals surface area contributed by atoms with Gasteiger partial charge in [0.25, 0.3) is 0 Å². The third kappa shape index (κ3) is 7.45. The quantitative estimate of drug-likeness (QED) is 0.839. The first kappa shape index (κ1) is 18.3. The Bertz CT molecular complexity index is 387. The van der Waals surface area contributed by atoms with Gasteiger partial charge in [-0.2, -0.15) is 0 Å². The lowest BCUT2D eigenvalue weighted by Crippen LogP contribution is -2.33. The van der Waals surface area contributed by atoms with Crippen LogP contribution < -0.4 is 5.32 Å². The normalized spacial score (nSPS) is 9.84. The van der Waals surface area contributed by atoms with E-state index in [1.54, 1.807) is 16.7 Å². The zero-order valence-corrected chi connectivity index (χ0v) is 13.4. The summed E-state index contributed by atoms with van der Waals surface area (Å²) in [6.07, 6.45) is 0. The Balaban J connectivity index is 0.00000324. The Kier molecular flexibility index (Phi) is 9.74. The summed E-state index contributed by atoms with van der Waals surface area (Å²) in [5.74, 6) is 1.64. The van der Waals surface area contributed by atoms with Gasteiger partial charge in [0, 0.05) is 25.9 Å². The molecule has 0 bridgehead atoms. The van der Waals surface area contributed by atoms with Gasteiger partial charge in [0.15, 0.2) is 0 Å². The number of nitrogens with one attached hydrogen (secondary N) is 1. The number of aryl methyl sites for hydroxylation is 1. The van der Waals surface area contributed by atoms with Gasteiger partial charge in [0.1, 0.15) is 0 Å². The van der Waals surface area contributed by atoms with Crippen molar-refractivity contribution in [3.63, 3.8) is 0 Å². The number of rotatable bonds is 7. The van der Waals surface area contributed by atoms with Gasteiger partial charge in [0.05, 0.1) is 5.75 Å². The average Bonchev–Trinajstić information content (AvgIpc) is 2.35. The largest absolute Gasteiger partial charge is 0.344 e. The Hall–Kier alpha value is -0.710. The van der Waals surface area contributed by atoms with Crippen LogP contribution >= 0.6 is 24.2 Å². The minimum Gasteiger partial charge on any atom is -0.344 e. The maximum absolute atomic E-state index is 11.8. The van der Waals surface area contributed by atoms with E-state index in [1.807, 2.05) is 14.1 Å². The molecule has 0 heterocycles. The van der Waals surface area contributed by atoms with Crippen molar-refractivity contribution in [1.82, 2.24) is 10.2 Å². The highest BCUT2D eigenvalue weighted by molar-refractivity contribution is 7.99. The Labute approximate surface area is 126 Å². The van der Waals surface area contributed by atoms with Gasteiger partial charge in [-0.05, 0) is 19.5 Å². The topological polar surface area (TPSA) is 32.3 Å². The highest BCUT2D eigenvalue weighted by atomic mass is 35.5. The molecule has 1 aromatic carbocycles. The molecule has 0 saturated carbocycles. The zero-order chi connectivity index (χ0) is 13.4. The van der Waals surface area contributed by atoms with Crippen LogP contribution in [0.2, 0.25) is 0 Å². The molecule has 0 fully saturated rings. The van der Waals surface area contributed by atoms with Crippen molar-refractivity contribution in [3.05, 3.63) is 35.4 Å². The van der Waals surface area contributed by atoms with E-state index < -0.39 is 0 Å². The third-order valence-corrected chi connectivity index (χ3v) is 3.69. The van der Waals surface area contributed by atoms with Crippen LogP contribution in [0, 0.1) is 6.92 Å². The number of hydrogen-bond acceptors (Lipinski definition) is 3. The van der Waals surface area contributed by atoms with Gasteiger partial charge in [-0.1, -0.05) is 29.8 Å². The van der Waals surface area contributed by atoms with Crippen molar-refractivity contribution in [1.29, 1.82) is 0 Å². The summed E-state index contributed by atoms with van der Waals surface area (Å²) >= 11 is 1.67. The molecule has 0 unspecified atom stereocenters. The molecular formula is C14H23ClN2OS. The maximum atomic E-state index is 11.8. The van der Waals surface area contributed by atoms with E-state index in [9.17, 15) is 4.79 Å². The van der Waals surface area contributed by atoms with Crippen LogP contribution in [-0.2, 0) is 10.5 Å². The molecule has 0 aromatic heterocycles. The number of benzene rings is 1. The molecule has 1 aromatic rings. The molecule has 1 rings (SSSR count). The van der Waals surface area contributed by atoms with E-state index in [1.165, 1.54) is 11.1 Å². The first-order chi connectivity index (χ1) is 8.63. The molecule has 1 amide bonds. The lowest BCUT2D eigenvalue weighted by Gasteiger charge is -2.16. The molecule has 19 heavy (non-hydrogen) atoms. The molecule has 0 atom stereocenters. The predicted octanol–water partition coefficient (Wildman–Crippen LogP) is 2.33. The number of likely N-dealkylation sites (N-methyl/N-ethyl adjacent to an activating group) is 2. The van der Waals surface area contributed by atoms with Crippen molar-refractivity contribution in [2.24, 2.45) is 0 Å². The summed E-state index contributed by atoms with van der Waals surface area (Å²) in [6.45, 7) is 3.69. The van der Waals surface area contributed by atoms with Crippen LogP contribution in [-0.4, -0.2) is 43.7 Å². The van der Waals surface area contributed by atoms with Crippen LogP contribution in [0.25, 0.3) is 0 Å². The summed E-state index contributed by atoms with van der Waals surface area (Å²) in [5.41, 5.74) is 2.55. The average molecular weight is 303 g/mol. The fraction of sp³-hybridized carbons (Fsp3) is 0.500. The lowest BCUT2D eigenvalue weighted by molar-refractivity contribution is -0.127. The number of amides is 1. The summed E-state index contributed by atoms with van der Waals surface area (Å²) in [4.78, 5) is 13.6. The number of nitrogens with zero attached hydrogens (tertiary/aromatic N) is 1. The fourth-order valence-corrected chi connectivity index (χ4v) is 2.48. The van der Waals surface area contributed by atoms with E-state index in [-0.39, 0.29) is 18.3 Å². The number of carbonyl (C=O) groups excluding carboxylic acids is 1. The summed E-state index contributed by atoms with van der Waals surface area (Å²) in [5, 5.41) is 3.04. The number of thioether (sulfide) groups is 1. The molecule has 3 nitrogen and oxygen atoms in total. The van der Waals surface area contributed by atoms with Crippen molar-refractivity contribution in [2.45, 2.75) is 12.7 Å². The summed E-state index contributed by atoms with van der Waals surface area (Å²) in [7, 11) is 3.75. The van der Waals surface area contributed by atoms with Crippen LogP contribution in [0.5, 0.6) is 0 Å². The van der Waals surface area contributed by atoms with Crippen molar-refractivity contribution in [2.75, 3.05) is 32.9 Å². The maximum Gasteiger partial charge on any atom is 0.232 e. The van der Waals surface area contributed by atoms with Gasteiger partial charge in [-0.25, -0.2) is 0 Å². The SMILES string of the molecule is CNCCN(C)C(=O)CSCc1cccc(C)c1.Cl. The predicted molar refractivity (Wildman–Crippen MR) is 86.2 cm³/mol. The minimum atomic E-state index is 0. The molecule has 0 radical (unpaired) electrons. The van der Waals surface area contributed by atoms with Crippen LogP contribution in [0.3, 0.4) is 0 Å². The Morgan fingerprint density at radius 1 is 1.42 bits per heavy atom. The summed E-state index contributed by atoms with van der Waals surface area (Å²) in [6, 6.07) is 8.42. The van der Waals surface area contributed by atoms with E-state index in [0.717, 1.165) is 18.8 Å². The molecule has 108 valence electrons. The van der Waals surface area contributed by atoms with E-state index in [2.05, 4.69) is 36.5 Å². The standard InChI is InChI=1S/C14H22N2OS.ClH/c1-12-5-4-6-13(9-12)10-18-11-14(17)16(3)8-7-15-2;/h4-6,9,15H,7-8,10-11H2,1-3H3;1H. The van der Waals surface area contributed by atoms with Gasteiger partial charge < -0.3 is 10.2 Å². The number of halogens is 1. The van der Waals surface area contributed by atoms with Crippen molar-refractivity contribution < 1.29 is 4.79 Å². The Morgan fingerprint density at radius 3 is 2.79 bits per heavy atom. The smallest absolute Gasteiger partial charge is 0.232 e. The number of hydrogen-bond donors (Lipinski definition) is 1. The highest BCUT2D eigenvalue weighted by Crippen LogP contribution is 2.13. The number of carbonyl (C=O) groups is 1. The first-order valence-electron chi connectivity index (χ1n) is 6.15. The van der Waals surface area contributed by atoms with Gasteiger partial charge in [-0.15, -0.1) is 24.2 Å². The monoisotopic (exact) mass is 302 g/mol. The second kappa shape index (κ2) is 10.1. The fourth-order valence-electron chi connectivity index (χ4n) is 1.57. The van der Waals surface area contributed by atoms with Crippen LogP contribution in [0.4, 0.5) is 0 Å². The van der Waals surface area contributed by atoms with E-state index >= 15 is 0 Å². The molecule has 0 spiro atoms. The summed E-state index contributed by atoms with van der Waals surface area (Å²) < 4.78 is 0. The minimum absolute atomic E-state index is 0. The first-order valence-corrected chi connectivity index (χ1v) is 7.31. The van der Waals surface area contributed by atoms with Gasteiger partial charge >= 0.3 is 0 Å². The second-order valence-electron chi connectivity index (χ2n) is 4.40. The molecule has 0 aliphatic heterocycles. The van der Waals surface area contributed by atoms with E-state index in [4.69, 9.17) is 0 Å². The van der Waals surface area contributed by atoms with Crippen LogP contribution in [0.15, 0.2) is 24.3 Å². The van der Waals surface area contributed by atoms with E-state index in [0.29, 0.717) is 5.75 Å². The zero-order valence-electron chi connectivity index (χ0n) is 11.8. The highest BCUT2D eigenvalue weighted by Gasteiger charge is 2.07. The molecule has 0 aliphatic rings. The second-order valence-corrected chi connectivity index (χ2v) is 5.39.